The Kier molecular flexibility index (Phi) is 6.56. The molecule has 3 rings (SSSR count). The monoisotopic (exact) mass is 406 g/mol. The summed E-state index contributed by atoms with van der Waals surface area (Å²) in [5.41, 5.74) is 2.23. The molecule has 9 heteroatoms. The second-order valence-corrected chi connectivity index (χ2v) is 7.46. The van der Waals surface area contributed by atoms with Gasteiger partial charge in [0.1, 0.15) is 17.9 Å². The zero-order chi connectivity index (χ0) is 20.1. The maximum Gasteiger partial charge on any atom is 0.328 e. The summed E-state index contributed by atoms with van der Waals surface area (Å²) in [6.07, 6.45) is 4.57. The Bertz CT molecular complexity index is 844. The van der Waals surface area contributed by atoms with E-state index in [1.165, 1.54) is 19.2 Å². The van der Waals surface area contributed by atoms with Crippen molar-refractivity contribution in [3.05, 3.63) is 53.4 Å². The number of H-pyrrole nitrogens is 1. The number of carbonyl (C=O) groups is 2. The molecular weight excluding hydrogens is 383 g/mol. The third kappa shape index (κ3) is 4.30. The minimum atomic E-state index is -0.737. The van der Waals surface area contributed by atoms with Crippen LogP contribution in [0.2, 0.25) is 0 Å². The van der Waals surface area contributed by atoms with Crippen molar-refractivity contribution >= 4 is 23.8 Å². The third-order valence-corrected chi connectivity index (χ3v) is 5.39. The van der Waals surface area contributed by atoms with Gasteiger partial charge in [0.25, 0.3) is 0 Å². The van der Waals surface area contributed by atoms with Gasteiger partial charge in [-0.1, -0.05) is 12.1 Å². The highest BCUT2D eigenvalue weighted by Gasteiger charge is 2.35. The van der Waals surface area contributed by atoms with Gasteiger partial charge < -0.3 is 19.9 Å². The highest BCUT2D eigenvalue weighted by atomic mass is 32.2. The molecule has 28 heavy (non-hydrogen) atoms. The average molecular weight is 406 g/mol. The molecule has 150 valence electrons. The number of esters is 1. The van der Waals surface area contributed by atoms with Crippen molar-refractivity contribution in [1.29, 1.82) is 0 Å². The van der Waals surface area contributed by atoms with Gasteiger partial charge in [0.05, 0.1) is 19.1 Å². The number of nitrogens with one attached hydrogen (secondary N) is 2. The highest BCUT2D eigenvalue weighted by Crippen LogP contribution is 2.33. The van der Waals surface area contributed by atoms with Gasteiger partial charge >= 0.3 is 12.0 Å². The number of aromatic amines is 1. The van der Waals surface area contributed by atoms with Gasteiger partial charge in [-0.05, 0) is 36.1 Å². The van der Waals surface area contributed by atoms with Crippen LogP contribution in [0.1, 0.15) is 29.4 Å². The number of amides is 2. The molecule has 0 unspecified atom stereocenters. The molecule has 2 atom stereocenters. The lowest BCUT2D eigenvalue weighted by atomic mass is 9.96. The van der Waals surface area contributed by atoms with Crippen LogP contribution in [0.15, 0.2) is 30.6 Å². The van der Waals surface area contributed by atoms with Crippen molar-refractivity contribution in [3.8, 4) is 0 Å². The van der Waals surface area contributed by atoms with Gasteiger partial charge in [-0.25, -0.2) is 19.0 Å². The molecule has 1 aliphatic rings. The number of fused-ring (bicyclic) bond motifs is 1. The lowest BCUT2D eigenvalue weighted by Gasteiger charge is -2.36. The number of benzene rings is 1. The average Bonchev–Trinajstić information content (AvgIpc) is 3.18. The summed E-state index contributed by atoms with van der Waals surface area (Å²) in [4.78, 5) is 34.2. The zero-order valence-electron chi connectivity index (χ0n) is 15.8. The lowest BCUT2D eigenvalue weighted by molar-refractivity contribution is -0.142. The molecule has 2 heterocycles. The second-order valence-electron chi connectivity index (χ2n) is 6.47. The number of carbonyl (C=O) groups excluding carboxylic acids is 2. The number of urea groups is 1. The number of ether oxygens (including phenoxy) is 1. The number of hydrogen-bond acceptors (Lipinski definition) is 5. The summed E-state index contributed by atoms with van der Waals surface area (Å²) in [6, 6.07) is 4.46. The van der Waals surface area contributed by atoms with Crippen LogP contribution in [0.4, 0.5) is 9.18 Å². The molecular formula is C19H23FN4O3S. The SMILES string of the molecule is COC(=O)[C@@H](CCSC)NC(=O)N1CCc2[nH]cnc2[C@H]1c1cccc(F)c1. The van der Waals surface area contributed by atoms with Crippen molar-refractivity contribution in [3.63, 3.8) is 0 Å². The van der Waals surface area contributed by atoms with Gasteiger partial charge in [-0.15, -0.1) is 0 Å². The fraction of sp³-hybridized carbons (Fsp3) is 0.421. The largest absolute Gasteiger partial charge is 0.467 e. The summed E-state index contributed by atoms with van der Waals surface area (Å²) in [5, 5.41) is 2.78. The van der Waals surface area contributed by atoms with Gasteiger partial charge in [0, 0.05) is 18.7 Å². The Balaban J connectivity index is 1.88. The van der Waals surface area contributed by atoms with Crippen molar-refractivity contribution in [2.75, 3.05) is 25.7 Å². The lowest BCUT2D eigenvalue weighted by Crippen LogP contribution is -2.51. The first-order chi connectivity index (χ1) is 13.5. The summed E-state index contributed by atoms with van der Waals surface area (Å²) < 4.78 is 18.7. The molecule has 7 nitrogen and oxygen atoms in total. The van der Waals surface area contributed by atoms with Crippen molar-refractivity contribution in [2.45, 2.75) is 24.9 Å². The molecule has 0 spiro atoms. The fourth-order valence-corrected chi connectivity index (χ4v) is 3.84. The number of nitrogens with zero attached hydrogens (tertiary/aromatic N) is 2. The van der Waals surface area contributed by atoms with Crippen molar-refractivity contribution in [1.82, 2.24) is 20.2 Å². The van der Waals surface area contributed by atoms with E-state index in [0.29, 0.717) is 36.4 Å². The van der Waals surface area contributed by atoms with E-state index in [9.17, 15) is 14.0 Å². The van der Waals surface area contributed by atoms with E-state index < -0.39 is 24.1 Å². The normalized spacial score (nSPS) is 17.0. The quantitative estimate of drug-likeness (QED) is 0.720. The number of imidazole rings is 1. The van der Waals surface area contributed by atoms with Crippen molar-refractivity contribution < 1.29 is 18.7 Å². The number of rotatable bonds is 6. The minimum absolute atomic E-state index is 0.382. The zero-order valence-corrected chi connectivity index (χ0v) is 16.6. The first kappa shape index (κ1) is 20.2. The summed E-state index contributed by atoms with van der Waals surface area (Å²) >= 11 is 1.58. The molecule has 0 saturated heterocycles. The van der Waals surface area contributed by atoms with E-state index in [2.05, 4.69) is 15.3 Å². The summed E-state index contributed by atoms with van der Waals surface area (Å²) in [5.74, 6) is -0.160. The predicted octanol–water partition coefficient (Wildman–Crippen LogP) is 2.50. The van der Waals surface area contributed by atoms with Gasteiger partial charge in [0.15, 0.2) is 0 Å². The van der Waals surface area contributed by atoms with Crippen LogP contribution in [0.5, 0.6) is 0 Å². The van der Waals surface area contributed by atoms with E-state index in [-0.39, 0.29) is 5.82 Å². The number of hydrogen-bond donors (Lipinski definition) is 2. The number of aromatic nitrogens is 2. The molecule has 0 radical (unpaired) electrons. The van der Waals surface area contributed by atoms with Gasteiger partial charge in [-0.3, -0.25) is 0 Å². The molecule has 2 amide bonds. The molecule has 2 aromatic rings. The molecule has 1 aromatic carbocycles. The molecule has 0 aliphatic carbocycles. The maximum absolute atomic E-state index is 13.8. The van der Waals surface area contributed by atoms with Crippen LogP contribution in [0.3, 0.4) is 0 Å². The Morgan fingerprint density at radius 2 is 2.32 bits per heavy atom. The van der Waals surface area contributed by atoms with Crippen LogP contribution >= 0.6 is 11.8 Å². The molecule has 1 aliphatic heterocycles. The van der Waals surface area contributed by atoms with E-state index in [1.807, 2.05) is 6.26 Å². The Morgan fingerprint density at radius 1 is 1.50 bits per heavy atom. The van der Waals surface area contributed by atoms with Crippen molar-refractivity contribution in [2.24, 2.45) is 0 Å². The molecule has 2 N–H and O–H groups in total. The first-order valence-corrected chi connectivity index (χ1v) is 10.4. The highest BCUT2D eigenvalue weighted by molar-refractivity contribution is 7.98. The Labute approximate surface area is 167 Å². The Morgan fingerprint density at radius 3 is 3.04 bits per heavy atom. The molecule has 0 saturated carbocycles. The van der Waals surface area contributed by atoms with E-state index in [4.69, 9.17) is 4.74 Å². The van der Waals surface area contributed by atoms with Crippen LogP contribution in [-0.2, 0) is 16.0 Å². The van der Waals surface area contributed by atoms with Gasteiger partial charge in [-0.2, -0.15) is 11.8 Å². The first-order valence-electron chi connectivity index (χ1n) is 8.96. The van der Waals surface area contributed by atoms with Crippen LogP contribution < -0.4 is 5.32 Å². The standard InChI is InChI=1S/C19H23FN4O3S/c1-27-18(25)15(7-9-28-2)23-19(26)24-8-6-14-16(22-11-21-14)17(24)12-4-3-5-13(20)10-12/h3-5,10-11,15,17H,6-9H2,1-2H3,(H,21,22)(H,23,26)/t15-,17-/m1/s1. The number of halogens is 1. The fourth-order valence-electron chi connectivity index (χ4n) is 3.37. The van der Waals surface area contributed by atoms with E-state index >= 15 is 0 Å². The topological polar surface area (TPSA) is 87.3 Å². The van der Waals surface area contributed by atoms with E-state index in [1.54, 1.807) is 35.1 Å². The predicted molar refractivity (Wildman–Crippen MR) is 105 cm³/mol. The summed E-state index contributed by atoms with van der Waals surface area (Å²) in [7, 11) is 1.30. The number of thioether (sulfide) groups is 1. The summed E-state index contributed by atoms with van der Waals surface area (Å²) in [6.45, 7) is 0.415. The third-order valence-electron chi connectivity index (χ3n) is 4.74. The molecule has 1 aromatic heterocycles. The minimum Gasteiger partial charge on any atom is -0.467 e. The molecule has 0 bridgehead atoms. The van der Waals surface area contributed by atoms with Crippen LogP contribution in [0.25, 0.3) is 0 Å². The molecule has 0 fully saturated rings. The Hall–Kier alpha value is -2.55. The maximum atomic E-state index is 13.8. The van der Waals surface area contributed by atoms with Crippen LogP contribution in [0, 0.1) is 5.82 Å². The van der Waals surface area contributed by atoms with Gasteiger partial charge in [0.2, 0.25) is 0 Å². The van der Waals surface area contributed by atoms with E-state index in [0.717, 1.165) is 5.69 Å². The van der Waals surface area contributed by atoms with Crippen LogP contribution in [-0.4, -0.2) is 58.6 Å². The smallest absolute Gasteiger partial charge is 0.328 e. The second kappa shape index (κ2) is 9.09. The number of methoxy groups -OCH3 is 1.